The maximum atomic E-state index is 13.7. The second-order valence-electron chi connectivity index (χ2n) is 8.87. The highest BCUT2D eigenvalue weighted by molar-refractivity contribution is 6.33. The quantitative estimate of drug-likeness (QED) is 0.617. The molecular formula is C26H30ClN3O5. The van der Waals surface area contributed by atoms with Crippen LogP contribution in [0.5, 0.6) is 0 Å². The molecule has 35 heavy (non-hydrogen) atoms. The lowest BCUT2D eigenvalue weighted by Gasteiger charge is -2.44. The number of amides is 3. The molecule has 2 aromatic rings. The molecule has 0 bridgehead atoms. The van der Waals surface area contributed by atoms with Gasteiger partial charge in [-0.3, -0.25) is 19.3 Å². The molecule has 1 atom stereocenters. The van der Waals surface area contributed by atoms with Crippen LogP contribution in [0.15, 0.2) is 48.5 Å². The Balaban J connectivity index is 1.57. The number of rotatable bonds is 6. The van der Waals surface area contributed by atoms with E-state index in [-0.39, 0.29) is 24.3 Å². The molecule has 2 fully saturated rings. The van der Waals surface area contributed by atoms with Gasteiger partial charge in [0.2, 0.25) is 5.91 Å². The van der Waals surface area contributed by atoms with E-state index in [1.165, 1.54) is 0 Å². The Bertz CT molecular complexity index is 1100. The van der Waals surface area contributed by atoms with Gasteiger partial charge in [-0.05, 0) is 31.2 Å². The molecule has 0 saturated carbocycles. The van der Waals surface area contributed by atoms with Gasteiger partial charge in [0.05, 0.1) is 23.8 Å². The Morgan fingerprint density at radius 1 is 1.11 bits per heavy atom. The number of benzene rings is 2. The van der Waals surface area contributed by atoms with Gasteiger partial charge in [-0.25, -0.2) is 0 Å². The van der Waals surface area contributed by atoms with E-state index in [0.717, 1.165) is 5.56 Å². The van der Waals surface area contributed by atoms with Crippen molar-refractivity contribution in [3.8, 4) is 0 Å². The number of nitrogens with one attached hydrogen (secondary N) is 1. The molecule has 0 unspecified atom stereocenters. The molecule has 3 amide bonds. The van der Waals surface area contributed by atoms with Crippen LogP contribution in [0.25, 0.3) is 0 Å². The summed E-state index contributed by atoms with van der Waals surface area (Å²) in [7, 11) is 1.56. The SMILES string of the molecule is COCCNC(=O)[C@@H]1COC2(CCN(C(=O)c3ccccc3Cl)CC2)N1C(=O)c1cccc(C)c1. The number of ether oxygens (including phenoxy) is 2. The maximum absolute atomic E-state index is 13.7. The molecule has 2 saturated heterocycles. The predicted octanol–water partition coefficient (Wildman–Crippen LogP) is 2.88. The highest BCUT2D eigenvalue weighted by atomic mass is 35.5. The van der Waals surface area contributed by atoms with Crippen molar-refractivity contribution in [3.05, 3.63) is 70.2 Å². The maximum Gasteiger partial charge on any atom is 0.256 e. The molecule has 0 radical (unpaired) electrons. The molecule has 2 aliphatic heterocycles. The largest absolute Gasteiger partial charge is 0.383 e. The van der Waals surface area contributed by atoms with Crippen molar-refractivity contribution in [3.63, 3.8) is 0 Å². The summed E-state index contributed by atoms with van der Waals surface area (Å²) in [5, 5.41) is 3.23. The topological polar surface area (TPSA) is 88.2 Å². The molecule has 0 aromatic heterocycles. The molecule has 2 heterocycles. The van der Waals surface area contributed by atoms with Crippen molar-refractivity contribution in [1.29, 1.82) is 0 Å². The minimum atomic E-state index is -0.971. The standard InChI is InChI=1S/C26H30ClN3O5/c1-18-6-5-7-19(16-18)24(32)30-22(23(31)28-12-15-34-2)17-35-26(30)10-13-29(14-11-26)25(33)20-8-3-4-9-21(20)27/h3-9,16,22H,10-15,17H2,1-2H3,(H,28,31)/t22-/m0/s1. The van der Waals surface area contributed by atoms with Crippen LogP contribution in [0.1, 0.15) is 39.1 Å². The zero-order chi connectivity index (χ0) is 25.0. The van der Waals surface area contributed by atoms with E-state index in [0.29, 0.717) is 55.2 Å². The van der Waals surface area contributed by atoms with Crippen LogP contribution in [-0.4, -0.2) is 79.2 Å². The van der Waals surface area contributed by atoms with E-state index >= 15 is 0 Å². The van der Waals surface area contributed by atoms with Crippen molar-refractivity contribution >= 4 is 29.3 Å². The number of carbonyl (C=O) groups is 3. The normalized spacial score (nSPS) is 19.1. The second-order valence-corrected chi connectivity index (χ2v) is 9.28. The number of halogens is 1. The summed E-state index contributed by atoms with van der Waals surface area (Å²) >= 11 is 6.23. The Hall–Kier alpha value is -2.94. The van der Waals surface area contributed by atoms with Crippen molar-refractivity contribution in [1.82, 2.24) is 15.1 Å². The molecule has 2 aliphatic rings. The first kappa shape index (κ1) is 25.2. The van der Waals surface area contributed by atoms with E-state index in [9.17, 15) is 14.4 Å². The van der Waals surface area contributed by atoms with E-state index in [4.69, 9.17) is 21.1 Å². The summed E-state index contributed by atoms with van der Waals surface area (Å²) in [5.74, 6) is -0.702. The Labute approximate surface area is 210 Å². The first-order valence-corrected chi connectivity index (χ1v) is 12.1. The number of aryl methyl sites for hydroxylation is 1. The fourth-order valence-electron chi connectivity index (χ4n) is 4.74. The Kier molecular flexibility index (Phi) is 7.74. The van der Waals surface area contributed by atoms with E-state index in [2.05, 4.69) is 5.32 Å². The van der Waals surface area contributed by atoms with Gasteiger partial charge in [0.25, 0.3) is 11.8 Å². The average molecular weight is 500 g/mol. The average Bonchev–Trinajstić information content (AvgIpc) is 3.22. The lowest BCUT2D eigenvalue weighted by Crippen LogP contribution is -2.60. The van der Waals surface area contributed by atoms with E-state index < -0.39 is 11.8 Å². The summed E-state index contributed by atoms with van der Waals surface area (Å²) in [6, 6.07) is 13.5. The number of carbonyl (C=O) groups excluding carboxylic acids is 3. The zero-order valence-corrected chi connectivity index (χ0v) is 20.7. The van der Waals surface area contributed by atoms with E-state index in [1.54, 1.807) is 47.2 Å². The number of methoxy groups -OCH3 is 1. The van der Waals surface area contributed by atoms with Gasteiger partial charge in [-0.2, -0.15) is 0 Å². The lowest BCUT2D eigenvalue weighted by molar-refractivity contribution is -0.128. The number of nitrogens with zero attached hydrogens (tertiary/aromatic N) is 2. The van der Waals surface area contributed by atoms with Gasteiger partial charge in [0, 0.05) is 45.1 Å². The third-order valence-electron chi connectivity index (χ3n) is 6.59. The van der Waals surface area contributed by atoms with Gasteiger partial charge in [-0.15, -0.1) is 0 Å². The third-order valence-corrected chi connectivity index (χ3v) is 6.92. The highest BCUT2D eigenvalue weighted by Gasteiger charge is 2.54. The smallest absolute Gasteiger partial charge is 0.256 e. The molecule has 186 valence electrons. The van der Waals surface area contributed by atoms with Crippen LogP contribution >= 0.6 is 11.6 Å². The van der Waals surface area contributed by atoms with Crippen molar-refractivity contribution in [2.45, 2.75) is 31.5 Å². The number of hydrogen-bond donors (Lipinski definition) is 1. The lowest BCUT2D eigenvalue weighted by atomic mass is 9.95. The van der Waals surface area contributed by atoms with Crippen LogP contribution in [-0.2, 0) is 14.3 Å². The summed E-state index contributed by atoms with van der Waals surface area (Å²) in [6.45, 7) is 3.47. The van der Waals surface area contributed by atoms with Crippen molar-refractivity contribution in [2.24, 2.45) is 0 Å². The molecule has 0 aliphatic carbocycles. The summed E-state index contributed by atoms with van der Waals surface area (Å²) < 4.78 is 11.2. The number of piperidine rings is 1. The highest BCUT2D eigenvalue weighted by Crippen LogP contribution is 2.39. The summed E-state index contributed by atoms with van der Waals surface area (Å²) in [5.41, 5.74) is 0.924. The second kappa shape index (κ2) is 10.8. The molecule has 1 spiro atoms. The Morgan fingerprint density at radius 2 is 1.86 bits per heavy atom. The van der Waals surface area contributed by atoms with Gasteiger partial charge >= 0.3 is 0 Å². The monoisotopic (exact) mass is 499 g/mol. The molecule has 2 aromatic carbocycles. The van der Waals surface area contributed by atoms with Crippen LogP contribution in [0.4, 0.5) is 0 Å². The van der Waals surface area contributed by atoms with Crippen LogP contribution < -0.4 is 5.32 Å². The minimum absolute atomic E-state index is 0.0921. The summed E-state index contributed by atoms with van der Waals surface area (Å²) in [4.78, 5) is 43.1. The molecule has 1 N–H and O–H groups in total. The van der Waals surface area contributed by atoms with Gasteiger partial charge in [0.15, 0.2) is 0 Å². The van der Waals surface area contributed by atoms with Crippen LogP contribution in [0, 0.1) is 6.92 Å². The third kappa shape index (κ3) is 5.19. The number of hydrogen-bond acceptors (Lipinski definition) is 5. The van der Waals surface area contributed by atoms with Crippen LogP contribution in [0.2, 0.25) is 5.02 Å². The molecule has 4 rings (SSSR count). The zero-order valence-electron chi connectivity index (χ0n) is 20.0. The Morgan fingerprint density at radius 3 is 2.54 bits per heavy atom. The molecular weight excluding hydrogens is 470 g/mol. The molecule has 9 heteroatoms. The van der Waals surface area contributed by atoms with E-state index in [1.807, 2.05) is 25.1 Å². The van der Waals surface area contributed by atoms with Crippen molar-refractivity contribution in [2.75, 3.05) is 40.0 Å². The first-order chi connectivity index (χ1) is 16.9. The summed E-state index contributed by atoms with van der Waals surface area (Å²) in [6.07, 6.45) is 0.783. The van der Waals surface area contributed by atoms with Crippen LogP contribution in [0.3, 0.4) is 0 Å². The fraction of sp³-hybridized carbons (Fsp3) is 0.423. The van der Waals surface area contributed by atoms with Gasteiger partial charge < -0.3 is 19.7 Å². The van der Waals surface area contributed by atoms with Gasteiger partial charge in [-0.1, -0.05) is 41.4 Å². The first-order valence-electron chi connectivity index (χ1n) is 11.7. The van der Waals surface area contributed by atoms with Gasteiger partial charge in [0.1, 0.15) is 11.8 Å². The fourth-order valence-corrected chi connectivity index (χ4v) is 4.96. The van der Waals surface area contributed by atoms with Crippen molar-refractivity contribution < 1.29 is 23.9 Å². The number of likely N-dealkylation sites (tertiary alicyclic amines) is 1. The molecule has 8 nitrogen and oxygen atoms in total. The predicted molar refractivity (Wildman–Crippen MR) is 131 cm³/mol. The minimum Gasteiger partial charge on any atom is -0.383 e.